The second-order valence-electron chi connectivity index (χ2n) is 6.81. The molecule has 2 aromatic rings. The van der Waals surface area contributed by atoms with Crippen molar-refractivity contribution in [1.29, 1.82) is 0 Å². The van der Waals surface area contributed by atoms with Crippen molar-refractivity contribution in [3.63, 3.8) is 0 Å². The molecule has 162 valence electrons. The standard InChI is InChI=1S/C20H22Cl2N2O5S/c1-28-17-6-4-15(12-18(17)29-2)23-20(25)13-7-9-24(10-8-13)30(26,27)19-11-14(21)3-5-16(19)22/h3-6,11-13H,7-10H2,1-2H3,(H,23,25). The summed E-state index contributed by atoms with van der Waals surface area (Å²) in [5, 5.41) is 3.27. The second-order valence-corrected chi connectivity index (χ2v) is 9.56. The highest BCUT2D eigenvalue weighted by Crippen LogP contribution is 2.32. The summed E-state index contributed by atoms with van der Waals surface area (Å²) in [7, 11) is -0.729. The minimum absolute atomic E-state index is 0.0232. The minimum Gasteiger partial charge on any atom is -0.493 e. The van der Waals surface area contributed by atoms with Gasteiger partial charge in [-0.2, -0.15) is 4.31 Å². The molecule has 1 aliphatic rings. The lowest BCUT2D eigenvalue weighted by Crippen LogP contribution is -2.41. The Morgan fingerprint density at radius 2 is 1.70 bits per heavy atom. The van der Waals surface area contributed by atoms with Crippen LogP contribution in [0.5, 0.6) is 11.5 Å². The molecule has 7 nitrogen and oxygen atoms in total. The maximum absolute atomic E-state index is 12.9. The topological polar surface area (TPSA) is 84.9 Å². The van der Waals surface area contributed by atoms with E-state index in [1.54, 1.807) is 18.2 Å². The fourth-order valence-corrected chi connectivity index (χ4v) is 5.54. The van der Waals surface area contributed by atoms with E-state index in [1.807, 2.05) is 0 Å². The number of halogens is 2. The maximum Gasteiger partial charge on any atom is 0.244 e. The Bertz CT molecular complexity index is 1040. The quantitative estimate of drug-likeness (QED) is 0.685. The third-order valence-electron chi connectivity index (χ3n) is 4.99. The molecule has 1 saturated heterocycles. The van der Waals surface area contributed by atoms with E-state index < -0.39 is 10.0 Å². The molecule has 0 radical (unpaired) electrons. The molecule has 0 aliphatic carbocycles. The number of carbonyl (C=O) groups is 1. The van der Waals surface area contributed by atoms with Gasteiger partial charge in [0.05, 0.1) is 19.2 Å². The molecule has 0 unspecified atom stereocenters. The molecule has 0 aromatic heterocycles. The average molecular weight is 473 g/mol. The van der Waals surface area contributed by atoms with E-state index in [1.165, 1.54) is 36.7 Å². The number of benzene rings is 2. The Hall–Kier alpha value is -2.00. The van der Waals surface area contributed by atoms with Crippen LogP contribution < -0.4 is 14.8 Å². The minimum atomic E-state index is -3.79. The van der Waals surface area contributed by atoms with Crippen molar-refractivity contribution in [1.82, 2.24) is 4.31 Å². The van der Waals surface area contributed by atoms with E-state index in [9.17, 15) is 13.2 Å². The first-order valence-corrected chi connectivity index (χ1v) is 11.4. The van der Waals surface area contributed by atoms with Gasteiger partial charge in [0.25, 0.3) is 0 Å². The molecule has 1 fully saturated rings. The van der Waals surface area contributed by atoms with Crippen molar-refractivity contribution in [3.8, 4) is 11.5 Å². The SMILES string of the molecule is COc1ccc(NC(=O)C2CCN(S(=O)(=O)c3cc(Cl)ccc3Cl)CC2)cc1OC. The van der Waals surface area contributed by atoms with Crippen LogP contribution in [0.1, 0.15) is 12.8 Å². The normalized spacial score (nSPS) is 15.6. The van der Waals surface area contributed by atoms with Crippen LogP contribution in [0.15, 0.2) is 41.3 Å². The molecule has 0 bridgehead atoms. The summed E-state index contributed by atoms with van der Waals surface area (Å²) >= 11 is 12.0. The zero-order chi connectivity index (χ0) is 21.9. The summed E-state index contributed by atoms with van der Waals surface area (Å²) in [6.07, 6.45) is 0.799. The smallest absolute Gasteiger partial charge is 0.244 e. The van der Waals surface area contributed by atoms with Crippen LogP contribution in [-0.2, 0) is 14.8 Å². The van der Waals surface area contributed by atoms with Crippen molar-refractivity contribution >= 4 is 44.8 Å². The number of methoxy groups -OCH3 is 2. The summed E-state index contributed by atoms with van der Waals surface area (Å²) < 4.78 is 37.6. The van der Waals surface area contributed by atoms with Gasteiger partial charge in [-0.1, -0.05) is 23.2 Å². The fourth-order valence-electron chi connectivity index (χ4n) is 3.33. The van der Waals surface area contributed by atoms with Crippen LogP contribution in [0.2, 0.25) is 10.0 Å². The van der Waals surface area contributed by atoms with E-state index in [2.05, 4.69) is 5.32 Å². The van der Waals surface area contributed by atoms with Crippen molar-refractivity contribution < 1.29 is 22.7 Å². The van der Waals surface area contributed by atoms with Crippen LogP contribution in [0, 0.1) is 5.92 Å². The van der Waals surface area contributed by atoms with Gasteiger partial charge in [0.2, 0.25) is 15.9 Å². The molecule has 0 saturated carbocycles. The first-order chi connectivity index (χ1) is 14.3. The number of rotatable bonds is 6. The number of hydrogen-bond acceptors (Lipinski definition) is 5. The van der Waals surface area contributed by atoms with Gasteiger partial charge in [0, 0.05) is 35.8 Å². The molecule has 1 aliphatic heterocycles. The van der Waals surface area contributed by atoms with Gasteiger partial charge in [-0.25, -0.2) is 8.42 Å². The van der Waals surface area contributed by atoms with Crippen LogP contribution in [0.4, 0.5) is 5.69 Å². The summed E-state index contributed by atoms with van der Waals surface area (Å²) in [4.78, 5) is 12.6. The Balaban J connectivity index is 1.65. The number of nitrogens with one attached hydrogen (secondary N) is 1. The van der Waals surface area contributed by atoms with Gasteiger partial charge < -0.3 is 14.8 Å². The predicted octanol–water partition coefficient (Wildman–Crippen LogP) is 4.05. The third-order valence-corrected chi connectivity index (χ3v) is 7.60. The number of nitrogens with zero attached hydrogens (tertiary/aromatic N) is 1. The Kier molecular flexibility index (Phi) is 7.13. The molecule has 1 heterocycles. The van der Waals surface area contributed by atoms with Gasteiger partial charge in [0.15, 0.2) is 11.5 Å². The van der Waals surface area contributed by atoms with Crippen molar-refractivity contribution in [2.75, 3.05) is 32.6 Å². The number of sulfonamides is 1. The molecule has 0 atom stereocenters. The zero-order valence-corrected chi connectivity index (χ0v) is 18.9. The summed E-state index contributed by atoms with van der Waals surface area (Å²) in [6, 6.07) is 9.44. The molecule has 30 heavy (non-hydrogen) atoms. The van der Waals surface area contributed by atoms with Crippen LogP contribution in [0.25, 0.3) is 0 Å². The van der Waals surface area contributed by atoms with E-state index in [-0.39, 0.29) is 34.8 Å². The molecular formula is C20H22Cl2N2O5S. The Labute approximate surface area is 185 Å². The van der Waals surface area contributed by atoms with E-state index in [0.717, 1.165) is 0 Å². The summed E-state index contributed by atoms with van der Waals surface area (Å²) in [5.74, 6) is 0.600. The lowest BCUT2D eigenvalue weighted by molar-refractivity contribution is -0.120. The van der Waals surface area contributed by atoms with Crippen molar-refractivity contribution in [2.45, 2.75) is 17.7 Å². The van der Waals surface area contributed by atoms with Gasteiger partial charge in [-0.05, 0) is 43.2 Å². The molecular weight excluding hydrogens is 451 g/mol. The lowest BCUT2D eigenvalue weighted by Gasteiger charge is -2.30. The number of ether oxygens (including phenoxy) is 2. The fraction of sp³-hybridized carbons (Fsp3) is 0.350. The number of amides is 1. The average Bonchev–Trinajstić information content (AvgIpc) is 2.75. The number of anilines is 1. The second kappa shape index (κ2) is 9.43. The highest BCUT2D eigenvalue weighted by atomic mass is 35.5. The molecule has 0 spiro atoms. The Morgan fingerprint density at radius 3 is 2.33 bits per heavy atom. The van der Waals surface area contributed by atoms with Crippen molar-refractivity contribution in [3.05, 3.63) is 46.4 Å². The zero-order valence-electron chi connectivity index (χ0n) is 16.5. The summed E-state index contributed by atoms with van der Waals surface area (Å²) in [6.45, 7) is 0.435. The molecule has 1 amide bonds. The monoisotopic (exact) mass is 472 g/mol. The number of hydrogen-bond donors (Lipinski definition) is 1. The van der Waals surface area contributed by atoms with Gasteiger partial charge >= 0.3 is 0 Å². The van der Waals surface area contributed by atoms with E-state index in [0.29, 0.717) is 35.1 Å². The first kappa shape index (κ1) is 22.7. The molecule has 2 aromatic carbocycles. The molecule has 1 N–H and O–H groups in total. The van der Waals surface area contributed by atoms with Crippen LogP contribution in [0.3, 0.4) is 0 Å². The molecule has 3 rings (SSSR count). The van der Waals surface area contributed by atoms with Gasteiger partial charge in [-0.3, -0.25) is 4.79 Å². The number of piperidine rings is 1. The van der Waals surface area contributed by atoms with Gasteiger partial charge in [-0.15, -0.1) is 0 Å². The van der Waals surface area contributed by atoms with E-state index >= 15 is 0 Å². The lowest BCUT2D eigenvalue weighted by atomic mass is 9.97. The largest absolute Gasteiger partial charge is 0.493 e. The van der Waals surface area contributed by atoms with Crippen molar-refractivity contribution in [2.24, 2.45) is 5.92 Å². The highest BCUT2D eigenvalue weighted by molar-refractivity contribution is 7.89. The van der Waals surface area contributed by atoms with E-state index in [4.69, 9.17) is 32.7 Å². The Morgan fingerprint density at radius 1 is 1.03 bits per heavy atom. The summed E-state index contributed by atoms with van der Waals surface area (Å²) in [5.41, 5.74) is 0.582. The van der Waals surface area contributed by atoms with Crippen LogP contribution in [-0.4, -0.2) is 45.9 Å². The number of carbonyl (C=O) groups excluding carboxylic acids is 1. The highest BCUT2D eigenvalue weighted by Gasteiger charge is 2.33. The van der Waals surface area contributed by atoms with Crippen LogP contribution >= 0.6 is 23.2 Å². The predicted molar refractivity (Wildman–Crippen MR) is 116 cm³/mol. The molecule has 10 heteroatoms. The van der Waals surface area contributed by atoms with Gasteiger partial charge in [0.1, 0.15) is 4.90 Å². The maximum atomic E-state index is 12.9. The first-order valence-electron chi connectivity index (χ1n) is 9.24. The third kappa shape index (κ3) is 4.83.